The molecule has 1 unspecified atom stereocenters. The first-order valence-electron chi connectivity index (χ1n) is 12.1. The number of nitrogens with one attached hydrogen (secondary N) is 1. The van der Waals surface area contributed by atoms with E-state index in [-0.39, 0.29) is 17.7 Å². The highest BCUT2D eigenvalue weighted by atomic mass is 16.6. The monoisotopic (exact) mass is 480 g/mol. The molecule has 0 saturated carbocycles. The van der Waals surface area contributed by atoms with Crippen LogP contribution in [0.15, 0.2) is 47.5 Å². The van der Waals surface area contributed by atoms with E-state index in [1.165, 1.54) is 0 Å². The molecular weight excluding hydrogens is 444 g/mol. The first-order chi connectivity index (χ1) is 16.6. The maximum Gasteiger partial charge on any atom is 0.436 e. The molecule has 0 fully saturated rings. The number of fused-ring (bicyclic) bond motifs is 1. The molecule has 3 N–H and O–H groups in total. The molecule has 0 saturated heterocycles. The zero-order chi connectivity index (χ0) is 25.6. The molecule has 0 radical (unpaired) electrons. The number of amidine groups is 1. The average molecular weight is 481 g/mol. The highest BCUT2D eigenvalue weighted by molar-refractivity contribution is 6.03. The first-order valence-corrected chi connectivity index (χ1v) is 12.1. The lowest BCUT2D eigenvalue weighted by Gasteiger charge is -2.21. The summed E-state index contributed by atoms with van der Waals surface area (Å²) in [6.45, 7) is 12.4. The van der Waals surface area contributed by atoms with Crippen molar-refractivity contribution in [1.29, 1.82) is 0 Å². The molecule has 35 heavy (non-hydrogen) atoms. The Morgan fingerprint density at radius 1 is 1.11 bits per heavy atom. The van der Waals surface area contributed by atoms with Gasteiger partial charge < -0.3 is 25.4 Å². The second kappa shape index (κ2) is 11.3. The van der Waals surface area contributed by atoms with Crippen LogP contribution < -0.4 is 20.7 Å². The van der Waals surface area contributed by atoms with Crippen molar-refractivity contribution in [2.45, 2.75) is 52.6 Å². The summed E-state index contributed by atoms with van der Waals surface area (Å²) in [6, 6.07) is 13.2. The van der Waals surface area contributed by atoms with E-state index >= 15 is 0 Å². The lowest BCUT2D eigenvalue weighted by molar-refractivity contribution is 0.0604. The molecule has 2 aromatic carbocycles. The highest BCUT2D eigenvalue weighted by Crippen LogP contribution is 2.36. The lowest BCUT2D eigenvalue weighted by atomic mass is 9.96. The summed E-state index contributed by atoms with van der Waals surface area (Å²) in [5.74, 6) is 0.874. The number of hydrogen-bond acceptors (Lipinski definition) is 5. The molecular formula is C27H36N4O4. The van der Waals surface area contributed by atoms with Gasteiger partial charge in [-0.3, -0.25) is 4.79 Å². The van der Waals surface area contributed by atoms with Gasteiger partial charge in [-0.2, -0.15) is 4.99 Å². The van der Waals surface area contributed by atoms with Gasteiger partial charge >= 0.3 is 6.09 Å². The van der Waals surface area contributed by atoms with Crippen molar-refractivity contribution >= 4 is 23.5 Å². The van der Waals surface area contributed by atoms with Crippen molar-refractivity contribution in [2.24, 2.45) is 10.7 Å². The Morgan fingerprint density at radius 2 is 1.77 bits per heavy atom. The number of benzene rings is 2. The summed E-state index contributed by atoms with van der Waals surface area (Å²) in [4.78, 5) is 30.7. The summed E-state index contributed by atoms with van der Waals surface area (Å²) < 4.78 is 11.0. The molecule has 8 heteroatoms. The smallest absolute Gasteiger partial charge is 0.436 e. The van der Waals surface area contributed by atoms with E-state index in [4.69, 9.17) is 15.2 Å². The van der Waals surface area contributed by atoms with Crippen LogP contribution in [0.2, 0.25) is 0 Å². The molecule has 1 aliphatic heterocycles. The molecule has 188 valence electrons. The zero-order valence-electron chi connectivity index (χ0n) is 21.3. The Balaban J connectivity index is 1.59. The van der Waals surface area contributed by atoms with E-state index in [1.54, 1.807) is 26.8 Å². The standard InChI is InChI=1S/C27H36N4O4/c1-6-31(7-2)21-11-8-18(9-12-21)25(32)29-15-14-20-17-34-23-13-10-19(16-22(20)23)24(28)30-26(33)35-27(3,4)5/h8-13,16,20H,6-7,14-15,17H2,1-5H3,(H,29,32)(H2,28,30,33). The Kier molecular flexibility index (Phi) is 8.38. The van der Waals surface area contributed by atoms with Crippen molar-refractivity contribution in [3.63, 3.8) is 0 Å². The minimum Gasteiger partial charge on any atom is -0.493 e. The van der Waals surface area contributed by atoms with Crippen LogP contribution in [0.1, 0.15) is 68.4 Å². The third kappa shape index (κ3) is 6.97. The molecule has 1 atom stereocenters. The van der Waals surface area contributed by atoms with Crippen molar-refractivity contribution in [3.8, 4) is 5.75 Å². The van der Waals surface area contributed by atoms with Crippen molar-refractivity contribution < 1.29 is 19.1 Å². The number of rotatable bonds is 8. The third-order valence-corrected chi connectivity index (χ3v) is 5.83. The number of carbonyl (C=O) groups excluding carboxylic acids is 2. The second-order valence-electron chi connectivity index (χ2n) is 9.50. The van der Waals surface area contributed by atoms with Crippen LogP contribution in [0.5, 0.6) is 5.75 Å². The number of aliphatic imine (C=N–C) groups is 1. The van der Waals surface area contributed by atoms with E-state index in [2.05, 4.69) is 29.1 Å². The van der Waals surface area contributed by atoms with Crippen molar-refractivity contribution in [3.05, 3.63) is 59.2 Å². The molecule has 0 aliphatic carbocycles. The number of ether oxygens (including phenoxy) is 2. The lowest BCUT2D eigenvalue weighted by Crippen LogP contribution is -2.26. The summed E-state index contributed by atoms with van der Waals surface area (Å²) >= 11 is 0. The van der Waals surface area contributed by atoms with Gasteiger partial charge in [0.1, 0.15) is 17.2 Å². The Bertz CT molecular complexity index is 1070. The number of amides is 2. The Morgan fingerprint density at radius 3 is 2.40 bits per heavy atom. The molecule has 1 aliphatic rings. The largest absolute Gasteiger partial charge is 0.493 e. The maximum absolute atomic E-state index is 12.6. The fraction of sp³-hybridized carbons (Fsp3) is 0.444. The molecule has 0 aromatic heterocycles. The molecule has 2 amide bonds. The molecule has 3 rings (SSSR count). The van der Waals surface area contributed by atoms with Crippen LogP contribution in [-0.2, 0) is 4.74 Å². The number of nitrogens with zero attached hydrogens (tertiary/aromatic N) is 2. The van der Waals surface area contributed by atoms with Crippen LogP contribution in [-0.4, -0.2) is 49.7 Å². The van der Waals surface area contributed by atoms with Crippen molar-refractivity contribution in [1.82, 2.24) is 5.32 Å². The second-order valence-corrected chi connectivity index (χ2v) is 9.50. The number of hydrogen-bond donors (Lipinski definition) is 2. The van der Waals surface area contributed by atoms with E-state index < -0.39 is 11.7 Å². The highest BCUT2D eigenvalue weighted by Gasteiger charge is 2.25. The molecule has 0 bridgehead atoms. The number of nitrogens with two attached hydrogens (primary N) is 1. The van der Waals surface area contributed by atoms with Crippen LogP contribution in [0.4, 0.5) is 10.5 Å². The quantitative estimate of drug-likeness (QED) is 0.427. The van der Waals surface area contributed by atoms with E-state index in [1.807, 2.05) is 36.4 Å². The van der Waals surface area contributed by atoms with Crippen molar-refractivity contribution in [2.75, 3.05) is 31.1 Å². The van der Waals surface area contributed by atoms with Gasteiger partial charge in [-0.05, 0) is 83.5 Å². The molecule has 8 nitrogen and oxygen atoms in total. The van der Waals surface area contributed by atoms with Gasteiger partial charge in [0.15, 0.2) is 0 Å². The van der Waals surface area contributed by atoms with E-state index in [0.717, 1.165) is 30.1 Å². The molecule has 2 aromatic rings. The minimum atomic E-state index is -0.726. The van der Waals surface area contributed by atoms with Gasteiger partial charge in [0.25, 0.3) is 5.91 Å². The van der Waals surface area contributed by atoms with Gasteiger partial charge in [0.05, 0.1) is 6.61 Å². The van der Waals surface area contributed by atoms with Gasteiger partial charge in [0, 0.05) is 47.9 Å². The van der Waals surface area contributed by atoms with Gasteiger partial charge in [0.2, 0.25) is 0 Å². The fourth-order valence-corrected chi connectivity index (χ4v) is 4.00. The van der Waals surface area contributed by atoms with E-state index in [0.29, 0.717) is 30.7 Å². The van der Waals surface area contributed by atoms with Gasteiger partial charge in [-0.25, -0.2) is 4.79 Å². The van der Waals surface area contributed by atoms with Crippen LogP contribution >= 0.6 is 0 Å². The topological polar surface area (TPSA) is 106 Å². The first kappa shape index (κ1) is 26.1. The van der Waals surface area contributed by atoms with Crippen LogP contribution in [0, 0.1) is 0 Å². The summed E-state index contributed by atoms with van der Waals surface area (Å²) in [5, 5.41) is 3.00. The Labute approximate surface area is 207 Å². The average Bonchev–Trinajstić information content (AvgIpc) is 3.21. The summed E-state index contributed by atoms with van der Waals surface area (Å²) in [6.07, 6.45) is -0.0146. The van der Waals surface area contributed by atoms with Gasteiger partial charge in [-0.15, -0.1) is 0 Å². The minimum absolute atomic E-state index is 0.0918. The summed E-state index contributed by atoms with van der Waals surface area (Å²) in [5.41, 5.74) is 8.77. The normalized spacial score (nSPS) is 15.2. The van der Waals surface area contributed by atoms with E-state index in [9.17, 15) is 9.59 Å². The number of anilines is 1. The van der Waals surface area contributed by atoms with Crippen LogP contribution in [0.3, 0.4) is 0 Å². The van der Waals surface area contributed by atoms with Crippen LogP contribution in [0.25, 0.3) is 0 Å². The SMILES string of the molecule is CCN(CC)c1ccc(C(=O)NCCC2COc3ccc(C(N)=NC(=O)OC(C)(C)C)cc32)cc1. The zero-order valence-corrected chi connectivity index (χ0v) is 21.3. The predicted molar refractivity (Wildman–Crippen MR) is 139 cm³/mol. The molecule has 0 spiro atoms. The fourth-order valence-electron chi connectivity index (χ4n) is 4.00. The molecule has 1 heterocycles. The van der Waals surface area contributed by atoms with Gasteiger partial charge in [-0.1, -0.05) is 0 Å². The summed E-state index contributed by atoms with van der Waals surface area (Å²) in [7, 11) is 0. The Hall–Kier alpha value is -3.55. The maximum atomic E-state index is 12.6. The number of carbonyl (C=O) groups is 2. The predicted octanol–water partition coefficient (Wildman–Crippen LogP) is 4.47. The third-order valence-electron chi connectivity index (χ3n) is 5.83.